The number of hydrogen-bond donors (Lipinski definition) is 0. The van der Waals surface area contributed by atoms with Gasteiger partial charge in [-0.05, 0) is 38.0 Å². The number of hydrogen-bond acceptors (Lipinski definition) is 2. The van der Waals surface area contributed by atoms with Crippen LogP contribution >= 0.6 is 27.7 Å². The maximum Gasteiger partial charge on any atom is 0.00963 e. The van der Waals surface area contributed by atoms with E-state index in [1.165, 1.54) is 55.6 Å². The molecule has 1 atom stereocenters. The second-order valence-electron chi connectivity index (χ2n) is 3.86. The van der Waals surface area contributed by atoms with E-state index in [1.807, 2.05) is 0 Å². The van der Waals surface area contributed by atoms with Crippen LogP contribution < -0.4 is 0 Å². The molecule has 0 saturated carbocycles. The van der Waals surface area contributed by atoms with Crippen molar-refractivity contribution < 1.29 is 0 Å². The molecule has 1 rings (SSSR count). The molecule has 0 radical (unpaired) electrons. The van der Waals surface area contributed by atoms with E-state index in [4.69, 9.17) is 0 Å². The number of nitrogens with zero attached hydrogens (tertiary/aromatic N) is 1. The van der Waals surface area contributed by atoms with Crippen LogP contribution in [0.3, 0.4) is 0 Å². The summed E-state index contributed by atoms with van der Waals surface area (Å²) in [5, 5.41) is 1.17. The molecule has 0 aromatic carbocycles. The van der Waals surface area contributed by atoms with Gasteiger partial charge in [0, 0.05) is 23.7 Å². The fraction of sp³-hybridized carbons (Fsp3) is 1.00. The highest BCUT2D eigenvalue weighted by atomic mass is 79.9. The Kier molecular flexibility index (Phi) is 7.35. The van der Waals surface area contributed by atoms with Crippen LogP contribution in [0, 0.1) is 0 Å². The van der Waals surface area contributed by atoms with Crippen LogP contribution in [0.1, 0.15) is 32.6 Å². The number of likely N-dealkylation sites (tertiary alicyclic amines) is 1. The van der Waals surface area contributed by atoms with Crippen molar-refractivity contribution >= 4 is 27.7 Å². The molecule has 1 aliphatic heterocycles. The molecule has 0 amide bonds. The predicted octanol–water partition coefficient (Wildman–Crippen LogP) is 3.38. The van der Waals surface area contributed by atoms with Gasteiger partial charge in [0.2, 0.25) is 0 Å². The highest BCUT2D eigenvalue weighted by molar-refractivity contribution is 9.09. The van der Waals surface area contributed by atoms with Crippen molar-refractivity contribution in [2.24, 2.45) is 0 Å². The molecule has 3 heteroatoms. The standard InChI is InChI=1S/C11H22BrNS/c1-2-14-10-9-13-8-4-6-11(13)5-3-7-12/h11H,2-10H2,1H3. The minimum atomic E-state index is 0.894. The average Bonchev–Trinajstić information content (AvgIpc) is 2.63. The average molecular weight is 280 g/mol. The molecular formula is C11H22BrNS. The topological polar surface area (TPSA) is 3.24 Å². The molecule has 1 nitrogen and oxygen atoms in total. The third kappa shape index (κ3) is 4.54. The summed E-state index contributed by atoms with van der Waals surface area (Å²) >= 11 is 5.59. The first-order chi connectivity index (χ1) is 6.88. The first kappa shape index (κ1) is 12.9. The lowest BCUT2D eigenvalue weighted by molar-refractivity contribution is 0.257. The zero-order valence-corrected chi connectivity index (χ0v) is 11.6. The Hall–Kier alpha value is 0.790. The number of thioether (sulfide) groups is 1. The van der Waals surface area contributed by atoms with E-state index in [9.17, 15) is 0 Å². The minimum Gasteiger partial charge on any atom is -0.300 e. The van der Waals surface area contributed by atoms with Crippen molar-refractivity contribution in [1.82, 2.24) is 4.90 Å². The van der Waals surface area contributed by atoms with Gasteiger partial charge in [-0.1, -0.05) is 22.9 Å². The first-order valence-electron chi connectivity index (χ1n) is 5.76. The fourth-order valence-corrected chi connectivity index (χ4v) is 3.13. The molecule has 0 spiro atoms. The van der Waals surface area contributed by atoms with Gasteiger partial charge in [0.15, 0.2) is 0 Å². The predicted molar refractivity (Wildman–Crippen MR) is 70.6 cm³/mol. The second-order valence-corrected chi connectivity index (χ2v) is 6.05. The van der Waals surface area contributed by atoms with E-state index in [1.54, 1.807) is 0 Å². The monoisotopic (exact) mass is 279 g/mol. The van der Waals surface area contributed by atoms with Crippen molar-refractivity contribution in [3.8, 4) is 0 Å². The Bertz CT molecular complexity index is 143. The van der Waals surface area contributed by atoms with Gasteiger partial charge in [-0.3, -0.25) is 4.90 Å². The Morgan fingerprint density at radius 1 is 1.50 bits per heavy atom. The van der Waals surface area contributed by atoms with Crippen molar-refractivity contribution in [3.05, 3.63) is 0 Å². The smallest absolute Gasteiger partial charge is 0.00963 e. The second kappa shape index (κ2) is 8.00. The van der Waals surface area contributed by atoms with Gasteiger partial charge >= 0.3 is 0 Å². The Balaban J connectivity index is 2.14. The van der Waals surface area contributed by atoms with Crippen LogP contribution in [0.15, 0.2) is 0 Å². The van der Waals surface area contributed by atoms with Gasteiger partial charge in [0.05, 0.1) is 0 Å². The number of halogens is 1. The maximum absolute atomic E-state index is 3.52. The molecule has 0 bridgehead atoms. The molecule has 1 saturated heterocycles. The number of rotatable bonds is 7. The Morgan fingerprint density at radius 2 is 2.36 bits per heavy atom. The van der Waals surface area contributed by atoms with E-state index in [2.05, 4.69) is 39.5 Å². The van der Waals surface area contributed by atoms with Crippen LogP contribution in [-0.2, 0) is 0 Å². The maximum atomic E-state index is 3.52. The molecule has 84 valence electrons. The summed E-state index contributed by atoms with van der Waals surface area (Å²) in [6.45, 7) is 4.90. The minimum absolute atomic E-state index is 0.894. The van der Waals surface area contributed by atoms with Crippen LogP contribution in [0.5, 0.6) is 0 Å². The molecule has 0 aliphatic carbocycles. The van der Waals surface area contributed by atoms with Gasteiger partial charge in [-0.2, -0.15) is 11.8 Å². The summed E-state index contributed by atoms with van der Waals surface area (Å²) in [4.78, 5) is 2.70. The molecule has 1 aliphatic rings. The third-order valence-corrected chi connectivity index (χ3v) is 4.34. The van der Waals surface area contributed by atoms with Gasteiger partial charge in [0.1, 0.15) is 0 Å². The third-order valence-electron chi connectivity index (χ3n) is 2.90. The molecule has 1 unspecified atom stereocenters. The van der Waals surface area contributed by atoms with Gasteiger partial charge in [-0.15, -0.1) is 0 Å². The van der Waals surface area contributed by atoms with Crippen molar-refractivity contribution in [1.29, 1.82) is 0 Å². The number of alkyl halides is 1. The normalized spacial score (nSPS) is 23.1. The van der Waals surface area contributed by atoms with Crippen LogP contribution in [0.4, 0.5) is 0 Å². The lowest BCUT2D eigenvalue weighted by Gasteiger charge is -2.23. The highest BCUT2D eigenvalue weighted by Crippen LogP contribution is 2.21. The Labute approximate surface area is 101 Å². The fourth-order valence-electron chi connectivity index (χ4n) is 2.16. The molecule has 0 aromatic rings. The lowest BCUT2D eigenvalue weighted by atomic mass is 10.1. The summed E-state index contributed by atoms with van der Waals surface area (Å²) < 4.78 is 0. The quantitative estimate of drug-likeness (QED) is 0.519. The zero-order valence-electron chi connectivity index (χ0n) is 9.17. The van der Waals surface area contributed by atoms with E-state index in [0.717, 1.165) is 6.04 Å². The molecule has 14 heavy (non-hydrogen) atoms. The molecular weight excluding hydrogens is 258 g/mol. The summed E-state index contributed by atoms with van der Waals surface area (Å²) in [5.41, 5.74) is 0. The lowest BCUT2D eigenvalue weighted by Crippen LogP contribution is -2.31. The summed E-state index contributed by atoms with van der Waals surface area (Å²) in [6.07, 6.45) is 5.58. The van der Waals surface area contributed by atoms with Crippen LogP contribution in [0.25, 0.3) is 0 Å². The summed E-state index contributed by atoms with van der Waals surface area (Å²) in [5.74, 6) is 2.58. The van der Waals surface area contributed by atoms with Gasteiger partial charge in [-0.25, -0.2) is 0 Å². The first-order valence-corrected chi connectivity index (χ1v) is 8.04. The van der Waals surface area contributed by atoms with Gasteiger partial charge in [0.25, 0.3) is 0 Å². The van der Waals surface area contributed by atoms with E-state index in [0.29, 0.717) is 0 Å². The SMILES string of the molecule is CCSCCN1CCCC1CCCBr. The Morgan fingerprint density at radius 3 is 3.07 bits per heavy atom. The van der Waals surface area contributed by atoms with E-state index in [-0.39, 0.29) is 0 Å². The molecule has 0 aromatic heterocycles. The highest BCUT2D eigenvalue weighted by Gasteiger charge is 2.22. The van der Waals surface area contributed by atoms with Crippen LogP contribution in [0.2, 0.25) is 0 Å². The summed E-state index contributed by atoms with van der Waals surface area (Å²) in [6, 6.07) is 0.894. The summed E-state index contributed by atoms with van der Waals surface area (Å²) in [7, 11) is 0. The van der Waals surface area contributed by atoms with Crippen LogP contribution in [-0.4, -0.2) is 40.9 Å². The molecule has 1 fully saturated rings. The van der Waals surface area contributed by atoms with E-state index < -0.39 is 0 Å². The zero-order chi connectivity index (χ0) is 10.2. The van der Waals surface area contributed by atoms with E-state index >= 15 is 0 Å². The van der Waals surface area contributed by atoms with Crippen molar-refractivity contribution in [2.45, 2.75) is 38.6 Å². The largest absolute Gasteiger partial charge is 0.300 e. The molecule has 1 heterocycles. The van der Waals surface area contributed by atoms with Crippen molar-refractivity contribution in [2.75, 3.05) is 29.9 Å². The molecule has 0 N–H and O–H groups in total. The van der Waals surface area contributed by atoms with Gasteiger partial charge < -0.3 is 0 Å². The van der Waals surface area contributed by atoms with Crippen molar-refractivity contribution in [3.63, 3.8) is 0 Å².